The number of halogens is 2. The van der Waals surface area contributed by atoms with Gasteiger partial charge in [0.2, 0.25) is 0 Å². The first kappa shape index (κ1) is 17.7. The van der Waals surface area contributed by atoms with Crippen LogP contribution < -0.4 is 10.1 Å². The van der Waals surface area contributed by atoms with Crippen molar-refractivity contribution in [2.24, 2.45) is 4.99 Å². The number of rotatable bonds is 5. The molecule has 1 aromatic heterocycles. The van der Waals surface area contributed by atoms with Crippen LogP contribution in [0.5, 0.6) is 5.75 Å². The lowest BCUT2D eigenvalue weighted by Crippen LogP contribution is -2.11. The monoisotopic (exact) mass is 372 g/mol. The Labute approximate surface area is 154 Å². The molecule has 1 heterocycles. The maximum atomic E-state index is 13.8. The zero-order valence-corrected chi connectivity index (χ0v) is 14.5. The molecular weight excluding hydrogens is 359 g/mol. The summed E-state index contributed by atoms with van der Waals surface area (Å²) in [5.74, 6) is -0.277. The molecule has 0 bridgehead atoms. The predicted octanol–water partition coefficient (Wildman–Crippen LogP) is 5.08. The van der Waals surface area contributed by atoms with Crippen LogP contribution in [0, 0.1) is 5.82 Å². The van der Waals surface area contributed by atoms with Crippen molar-refractivity contribution in [3.8, 4) is 5.75 Å². The van der Waals surface area contributed by atoms with E-state index in [-0.39, 0.29) is 16.3 Å². The summed E-state index contributed by atoms with van der Waals surface area (Å²) in [6, 6.07) is 12.5. The summed E-state index contributed by atoms with van der Waals surface area (Å²) in [5.41, 5.74) is 1.16. The topological polar surface area (TPSA) is 63.8 Å². The number of nitrogens with zero attached hydrogens (tertiary/aromatic N) is 1. The molecule has 0 saturated carbocycles. The smallest absolute Gasteiger partial charge is 0.291 e. The lowest BCUT2D eigenvalue weighted by Gasteiger charge is -2.10. The summed E-state index contributed by atoms with van der Waals surface area (Å²) in [5, 5.41) is 2.96. The van der Waals surface area contributed by atoms with Crippen LogP contribution in [0.4, 0.5) is 15.8 Å². The van der Waals surface area contributed by atoms with Crippen molar-refractivity contribution >= 4 is 35.1 Å². The third-order valence-corrected chi connectivity index (χ3v) is 3.85. The molecule has 0 aliphatic rings. The molecule has 0 radical (unpaired) electrons. The SMILES string of the molecule is COc1cc(N=Cc2c(F)cccc2Cl)ccc1NC(=O)c1ccco1. The van der Waals surface area contributed by atoms with E-state index in [0.717, 1.165) is 0 Å². The predicted molar refractivity (Wildman–Crippen MR) is 98.3 cm³/mol. The van der Waals surface area contributed by atoms with Gasteiger partial charge in [-0.3, -0.25) is 9.79 Å². The second-order valence-electron chi connectivity index (χ2n) is 5.21. The van der Waals surface area contributed by atoms with Crippen LogP contribution in [0.25, 0.3) is 0 Å². The van der Waals surface area contributed by atoms with Crippen molar-refractivity contribution in [1.29, 1.82) is 0 Å². The van der Waals surface area contributed by atoms with Crippen LogP contribution in [0.15, 0.2) is 64.2 Å². The molecular formula is C19H14ClFN2O3. The normalized spacial score (nSPS) is 10.9. The van der Waals surface area contributed by atoms with Crippen molar-refractivity contribution in [3.63, 3.8) is 0 Å². The number of furan rings is 1. The van der Waals surface area contributed by atoms with Gasteiger partial charge in [-0.15, -0.1) is 0 Å². The first-order valence-electron chi connectivity index (χ1n) is 7.59. The molecule has 26 heavy (non-hydrogen) atoms. The van der Waals surface area contributed by atoms with Gasteiger partial charge in [0.15, 0.2) is 5.76 Å². The second-order valence-corrected chi connectivity index (χ2v) is 5.62. The molecule has 7 heteroatoms. The van der Waals surface area contributed by atoms with E-state index in [0.29, 0.717) is 17.1 Å². The fraction of sp³-hybridized carbons (Fsp3) is 0.0526. The van der Waals surface area contributed by atoms with Gasteiger partial charge in [-0.2, -0.15) is 0 Å². The van der Waals surface area contributed by atoms with Gasteiger partial charge >= 0.3 is 0 Å². The number of carbonyl (C=O) groups excluding carboxylic acids is 1. The number of aliphatic imine (C=N–C) groups is 1. The molecule has 1 N–H and O–H groups in total. The number of anilines is 1. The van der Waals surface area contributed by atoms with Crippen LogP contribution in [0.1, 0.15) is 16.1 Å². The number of benzene rings is 2. The van der Waals surface area contributed by atoms with Gasteiger partial charge in [0.05, 0.1) is 29.8 Å². The number of ether oxygens (including phenoxy) is 1. The zero-order chi connectivity index (χ0) is 18.5. The van der Waals surface area contributed by atoms with Crippen molar-refractivity contribution in [2.75, 3.05) is 12.4 Å². The summed E-state index contributed by atoms with van der Waals surface area (Å²) in [6.45, 7) is 0. The molecule has 3 rings (SSSR count). The number of hydrogen-bond acceptors (Lipinski definition) is 4. The van der Waals surface area contributed by atoms with E-state index in [1.807, 2.05) is 0 Å². The Hall–Kier alpha value is -3.12. The standard InChI is InChI=1S/C19H14ClFN2O3/c1-25-18-10-12(22-11-13-14(20)4-2-5-15(13)21)7-8-16(18)23-19(24)17-6-3-9-26-17/h2-11H,1H3,(H,23,24). The lowest BCUT2D eigenvalue weighted by molar-refractivity contribution is 0.0996. The second kappa shape index (κ2) is 7.84. The Morgan fingerprint density at radius 1 is 1.27 bits per heavy atom. The van der Waals surface area contributed by atoms with Gasteiger partial charge in [0.25, 0.3) is 5.91 Å². The molecule has 5 nitrogen and oxygen atoms in total. The van der Waals surface area contributed by atoms with Crippen molar-refractivity contribution < 1.29 is 18.3 Å². The average molecular weight is 373 g/mol. The van der Waals surface area contributed by atoms with Gasteiger partial charge in [-0.25, -0.2) is 4.39 Å². The molecule has 3 aromatic rings. The number of hydrogen-bond donors (Lipinski definition) is 1. The molecule has 0 unspecified atom stereocenters. The fourth-order valence-electron chi connectivity index (χ4n) is 2.23. The van der Waals surface area contributed by atoms with Crippen molar-refractivity contribution in [3.05, 3.63) is 77.0 Å². The third-order valence-electron chi connectivity index (χ3n) is 3.52. The quantitative estimate of drug-likeness (QED) is 0.635. The summed E-state index contributed by atoms with van der Waals surface area (Å²) in [6.07, 6.45) is 2.76. The first-order valence-corrected chi connectivity index (χ1v) is 7.97. The van der Waals surface area contributed by atoms with E-state index in [9.17, 15) is 9.18 Å². The van der Waals surface area contributed by atoms with Gasteiger partial charge in [0.1, 0.15) is 11.6 Å². The minimum Gasteiger partial charge on any atom is -0.494 e. The highest BCUT2D eigenvalue weighted by Crippen LogP contribution is 2.30. The molecule has 0 fully saturated rings. The van der Waals surface area contributed by atoms with Gasteiger partial charge < -0.3 is 14.5 Å². The minimum atomic E-state index is -0.462. The third kappa shape index (κ3) is 3.92. The maximum Gasteiger partial charge on any atom is 0.291 e. The summed E-state index contributed by atoms with van der Waals surface area (Å²) < 4.78 is 24.1. The Morgan fingerprint density at radius 3 is 2.81 bits per heavy atom. The maximum absolute atomic E-state index is 13.8. The van der Waals surface area contributed by atoms with Crippen molar-refractivity contribution in [2.45, 2.75) is 0 Å². The fourth-order valence-corrected chi connectivity index (χ4v) is 2.44. The molecule has 0 aliphatic heterocycles. The van der Waals surface area contributed by atoms with Gasteiger partial charge in [-0.1, -0.05) is 17.7 Å². The van der Waals surface area contributed by atoms with E-state index < -0.39 is 11.7 Å². The molecule has 0 saturated heterocycles. The number of carbonyl (C=O) groups is 1. The summed E-state index contributed by atoms with van der Waals surface area (Å²) in [4.78, 5) is 16.3. The van der Waals surface area contributed by atoms with Gasteiger partial charge in [-0.05, 0) is 36.4 Å². The lowest BCUT2D eigenvalue weighted by atomic mass is 10.2. The van der Waals surface area contributed by atoms with E-state index in [2.05, 4.69) is 10.3 Å². The van der Waals surface area contributed by atoms with Crippen LogP contribution in [-0.2, 0) is 0 Å². The average Bonchev–Trinajstić information content (AvgIpc) is 3.17. The largest absolute Gasteiger partial charge is 0.494 e. The first-order chi connectivity index (χ1) is 12.6. The molecule has 2 aromatic carbocycles. The summed E-state index contributed by atoms with van der Waals surface area (Å²) in [7, 11) is 1.47. The Balaban J connectivity index is 1.82. The van der Waals surface area contributed by atoms with E-state index in [4.69, 9.17) is 20.8 Å². The highest BCUT2D eigenvalue weighted by molar-refractivity contribution is 6.33. The van der Waals surface area contributed by atoms with E-state index in [1.165, 1.54) is 31.7 Å². The molecule has 0 atom stereocenters. The molecule has 0 spiro atoms. The number of nitrogens with one attached hydrogen (secondary N) is 1. The Morgan fingerprint density at radius 2 is 2.12 bits per heavy atom. The van der Waals surface area contributed by atoms with Crippen LogP contribution in [0.3, 0.4) is 0 Å². The van der Waals surface area contributed by atoms with Gasteiger partial charge in [0, 0.05) is 17.8 Å². The zero-order valence-electron chi connectivity index (χ0n) is 13.7. The Kier molecular flexibility index (Phi) is 5.34. The van der Waals surface area contributed by atoms with Crippen molar-refractivity contribution in [1.82, 2.24) is 0 Å². The highest BCUT2D eigenvalue weighted by Gasteiger charge is 2.12. The van der Waals surface area contributed by atoms with Crippen LogP contribution >= 0.6 is 11.6 Å². The minimum absolute atomic E-state index is 0.184. The summed E-state index contributed by atoms with van der Waals surface area (Å²) >= 11 is 5.97. The van der Waals surface area contributed by atoms with Crippen LogP contribution in [-0.4, -0.2) is 19.2 Å². The van der Waals surface area contributed by atoms with E-state index >= 15 is 0 Å². The van der Waals surface area contributed by atoms with Crippen LogP contribution in [0.2, 0.25) is 5.02 Å². The van der Waals surface area contributed by atoms with E-state index in [1.54, 1.807) is 36.4 Å². The number of amides is 1. The molecule has 1 amide bonds. The Bertz CT molecular complexity index is 935. The highest BCUT2D eigenvalue weighted by atomic mass is 35.5. The molecule has 0 aliphatic carbocycles. The number of methoxy groups -OCH3 is 1. The molecule has 132 valence electrons.